The monoisotopic (exact) mass is 384 g/mol. The minimum atomic E-state index is -4.67. The fraction of sp³-hybridized carbons (Fsp3) is 0.200. The van der Waals surface area contributed by atoms with Gasteiger partial charge in [-0.2, -0.15) is 22.7 Å². The van der Waals surface area contributed by atoms with E-state index in [2.05, 4.69) is 10.1 Å². The zero-order chi connectivity index (χ0) is 19.1. The molecule has 2 N–H and O–H groups in total. The number of nitrogens with two attached hydrogens (primary N) is 1. The summed E-state index contributed by atoms with van der Waals surface area (Å²) in [6.07, 6.45) is 0.726. The lowest BCUT2D eigenvalue weighted by molar-refractivity contribution is -0.138. The van der Waals surface area contributed by atoms with Crippen molar-refractivity contribution in [1.29, 1.82) is 0 Å². The van der Waals surface area contributed by atoms with E-state index >= 15 is 0 Å². The molecule has 0 radical (unpaired) electrons. The number of carbonyl (C=O) groups is 1. The van der Waals surface area contributed by atoms with Crippen molar-refractivity contribution < 1.29 is 22.7 Å². The predicted octanol–water partition coefficient (Wildman–Crippen LogP) is 2.19. The molecular weight excluding hydrogens is 373 g/mol. The Morgan fingerprint density at radius 1 is 1.35 bits per heavy atom. The highest BCUT2D eigenvalue weighted by Crippen LogP contribution is 2.33. The van der Waals surface area contributed by atoms with E-state index in [1.54, 1.807) is 6.92 Å². The van der Waals surface area contributed by atoms with Crippen LogP contribution in [0.15, 0.2) is 34.4 Å². The van der Waals surface area contributed by atoms with Gasteiger partial charge in [-0.25, -0.2) is 0 Å². The number of nitrogen functional groups attached to an aromatic ring is 1. The molecule has 1 aliphatic rings. The highest BCUT2D eigenvalue weighted by atomic mass is 32.1. The van der Waals surface area contributed by atoms with E-state index in [0.29, 0.717) is 5.57 Å². The van der Waals surface area contributed by atoms with Gasteiger partial charge < -0.3 is 10.5 Å². The van der Waals surface area contributed by atoms with Gasteiger partial charge in [-0.15, -0.1) is 5.10 Å². The van der Waals surface area contributed by atoms with Crippen molar-refractivity contribution >= 4 is 34.0 Å². The summed E-state index contributed by atoms with van der Waals surface area (Å²) >= 11 is 0.219. The summed E-state index contributed by atoms with van der Waals surface area (Å²) in [6.45, 7) is 1.98. The third-order valence-corrected chi connectivity index (χ3v) is 4.27. The third-order valence-electron chi connectivity index (χ3n) is 3.31. The first kappa shape index (κ1) is 17.9. The molecule has 2 aromatic heterocycles. The summed E-state index contributed by atoms with van der Waals surface area (Å²) in [5.41, 5.74) is 5.30. The van der Waals surface area contributed by atoms with Crippen molar-refractivity contribution in [2.24, 2.45) is 0 Å². The van der Waals surface area contributed by atoms with Crippen LogP contribution in [0, 0.1) is 0 Å². The van der Waals surface area contributed by atoms with Gasteiger partial charge in [-0.3, -0.25) is 9.59 Å². The number of ether oxygens (including phenoxy) is 1. The van der Waals surface area contributed by atoms with E-state index in [-0.39, 0.29) is 45.8 Å². The number of aromatic nitrogens is 3. The van der Waals surface area contributed by atoms with Crippen LogP contribution in [0.3, 0.4) is 0 Å². The smallest absolute Gasteiger partial charge is 0.445 e. The van der Waals surface area contributed by atoms with Gasteiger partial charge in [-0.05, 0) is 30.7 Å². The first-order chi connectivity index (χ1) is 12.2. The average molecular weight is 384 g/mol. The van der Waals surface area contributed by atoms with E-state index < -0.39 is 16.7 Å². The molecule has 0 saturated carbocycles. The number of allylic oxidation sites excluding steroid dienone is 4. The Morgan fingerprint density at radius 3 is 2.73 bits per heavy atom. The van der Waals surface area contributed by atoms with Gasteiger partial charge in [0.1, 0.15) is 5.82 Å². The summed E-state index contributed by atoms with van der Waals surface area (Å²) in [5, 5.41) is 2.21. The highest BCUT2D eigenvalue weighted by molar-refractivity contribution is 7.16. The van der Waals surface area contributed by atoms with E-state index in [4.69, 9.17) is 10.5 Å². The molecular formula is C15H11F3N4O3S. The van der Waals surface area contributed by atoms with Crippen LogP contribution < -0.4 is 11.3 Å². The Kier molecular flexibility index (Phi) is 4.40. The first-order valence-corrected chi connectivity index (χ1v) is 8.07. The standard InChI is InChI=1S/C15H11F3N4O3S/c1-2-25-10-6-7(3-4-9(10)23)5-8-11(19)22-14(20-12(8)24)26-13(21-22)15(16,17)18/h3-6H,2,19H2,1H3/b7-5+. The van der Waals surface area contributed by atoms with Crippen LogP contribution >= 0.6 is 11.3 Å². The number of ketones is 1. The maximum Gasteiger partial charge on any atom is 0.445 e. The summed E-state index contributed by atoms with van der Waals surface area (Å²) < 4.78 is 44.3. The molecule has 0 fully saturated rings. The minimum Gasteiger partial charge on any atom is -0.490 e. The molecule has 0 aromatic carbocycles. The molecule has 0 amide bonds. The molecule has 0 bridgehead atoms. The Labute approximate surface area is 147 Å². The average Bonchev–Trinajstić information content (AvgIpc) is 2.99. The van der Waals surface area contributed by atoms with Gasteiger partial charge in [0.25, 0.3) is 5.56 Å². The second kappa shape index (κ2) is 6.41. The number of hydrogen-bond donors (Lipinski definition) is 1. The van der Waals surface area contributed by atoms with Crippen LogP contribution in [0.5, 0.6) is 0 Å². The van der Waals surface area contributed by atoms with Crippen LogP contribution in [0.1, 0.15) is 17.5 Å². The second-order valence-corrected chi connectivity index (χ2v) is 6.05. The zero-order valence-corrected chi connectivity index (χ0v) is 14.0. The van der Waals surface area contributed by atoms with Gasteiger partial charge in [-0.1, -0.05) is 17.4 Å². The summed E-state index contributed by atoms with van der Waals surface area (Å²) in [6, 6.07) is 0. The van der Waals surface area contributed by atoms with Crippen LogP contribution in [-0.4, -0.2) is 27.0 Å². The van der Waals surface area contributed by atoms with Crippen molar-refractivity contribution in [2.45, 2.75) is 13.1 Å². The maximum absolute atomic E-state index is 12.8. The Morgan fingerprint density at radius 2 is 2.08 bits per heavy atom. The van der Waals surface area contributed by atoms with E-state index in [9.17, 15) is 22.8 Å². The molecule has 0 atom stereocenters. The van der Waals surface area contributed by atoms with Crippen molar-refractivity contribution in [3.05, 3.63) is 50.5 Å². The normalized spacial score (nSPS) is 16.4. The Balaban J connectivity index is 2.12. The quantitative estimate of drug-likeness (QED) is 0.871. The molecule has 0 spiro atoms. The van der Waals surface area contributed by atoms with Gasteiger partial charge in [0.05, 0.1) is 12.2 Å². The summed E-state index contributed by atoms with van der Waals surface area (Å²) in [4.78, 5) is 27.2. The SMILES string of the molecule is CCOC1=C/C(=C/c2c(N)n3nc(C(F)(F)F)sc3nc2=O)C=CC1=O. The van der Waals surface area contributed by atoms with Crippen molar-refractivity contribution in [2.75, 3.05) is 12.3 Å². The number of fused-ring (bicyclic) bond motifs is 1. The number of halogens is 3. The number of anilines is 1. The molecule has 0 unspecified atom stereocenters. The fourth-order valence-electron chi connectivity index (χ4n) is 2.18. The molecule has 26 heavy (non-hydrogen) atoms. The lowest BCUT2D eigenvalue weighted by atomic mass is 10.0. The molecule has 136 valence electrons. The van der Waals surface area contributed by atoms with E-state index in [0.717, 1.165) is 4.52 Å². The molecule has 7 nitrogen and oxygen atoms in total. The van der Waals surface area contributed by atoms with Gasteiger partial charge in [0, 0.05) is 0 Å². The molecule has 2 aromatic rings. The van der Waals surface area contributed by atoms with Crippen LogP contribution in [-0.2, 0) is 15.7 Å². The number of nitrogens with zero attached hydrogens (tertiary/aromatic N) is 3. The number of rotatable bonds is 3. The maximum atomic E-state index is 12.8. The van der Waals surface area contributed by atoms with E-state index in [1.807, 2.05) is 0 Å². The third kappa shape index (κ3) is 3.25. The number of hydrogen-bond acceptors (Lipinski definition) is 7. The topological polar surface area (TPSA) is 99.6 Å². The molecule has 11 heteroatoms. The molecule has 0 aliphatic heterocycles. The van der Waals surface area contributed by atoms with E-state index in [1.165, 1.54) is 24.3 Å². The molecule has 3 rings (SSSR count). The molecule has 1 aliphatic carbocycles. The number of carbonyl (C=O) groups excluding carboxylic acids is 1. The first-order valence-electron chi connectivity index (χ1n) is 7.26. The van der Waals surface area contributed by atoms with Gasteiger partial charge in [0.2, 0.25) is 15.8 Å². The lowest BCUT2D eigenvalue weighted by Crippen LogP contribution is -2.17. The van der Waals surface area contributed by atoms with Gasteiger partial charge >= 0.3 is 6.18 Å². The second-order valence-electron chi connectivity index (χ2n) is 5.10. The molecule has 0 saturated heterocycles. The predicted molar refractivity (Wildman–Crippen MR) is 88.4 cm³/mol. The van der Waals surface area contributed by atoms with Crippen LogP contribution in [0.4, 0.5) is 19.0 Å². The highest BCUT2D eigenvalue weighted by Gasteiger charge is 2.36. The molecule has 2 heterocycles. The Hall–Kier alpha value is -2.95. The lowest BCUT2D eigenvalue weighted by Gasteiger charge is -2.10. The van der Waals surface area contributed by atoms with Crippen LogP contribution in [0.25, 0.3) is 11.0 Å². The van der Waals surface area contributed by atoms with Crippen molar-refractivity contribution in [3.8, 4) is 0 Å². The largest absolute Gasteiger partial charge is 0.490 e. The summed E-state index contributed by atoms with van der Waals surface area (Å²) in [5.74, 6) is -0.533. The Bertz CT molecular complexity index is 1050. The minimum absolute atomic E-state index is 0.0852. The fourth-order valence-corrected chi connectivity index (χ4v) is 2.95. The summed E-state index contributed by atoms with van der Waals surface area (Å²) in [7, 11) is 0. The van der Waals surface area contributed by atoms with Crippen LogP contribution in [0.2, 0.25) is 0 Å². The van der Waals surface area contributed by atoms with Crippen molar-refractivity contribution in [3.63, 3.8) is 0 Å². The van der Waals surface area contributed by atoms with Gasteiger partial charge in [0.15, 0.2) is 5.76 Å². The zero-order valence-electron chi connectivity index (χ0n) is 13.2. The van der Waals surface area contributed by atoms with Crippen molar-refractivity contribution in [1.82, 2.24) is 14.6 Å². The number of alkyl halides is 3.